The first-order valence-electron chi connectivity index (χ1n) is 5.72. The van der Waals surface area contributed by atoms with E-state index in [-0.39, 0.29) is 0 Å². The molecule has 1 aromatic heterocycles. The first kappa shape index (κ1) is 13.0. The van der Waals surface area contributed by atoms with Gasteiger partial charge in [0.05, 0.1) is 26.0 Å². The molecule has 0 saturated heterocycles. The summed E-state index contributed by atoms with van der Waals surface area (Å²) < 4.78 is 10.9. The second-order valence-corrected chi connectivity index (χ2v) is 3.91. The maximum Gasteiger partial charge on any atom is 0.123 e. The van der Waals surface area contributed by atoms with Crippen LogP contribution in [-0.2, 0) is 17.9 Å². The molecule has 0 fully saturated rings. The fourth-order valence-corrected chi connectivity index (χ4v) is 1.32. The van der Waals surface area contributed by atoms with Crippen LogP contribution in [0.4, 0.5) is 0 Å². The van der Waals surface area contributed by atoms with Gasteiger partial charge in [-0.15, -0.1) is 6.58 Å². The fraction of sp³-hybridized carbons (Fsp3) is 0.538. The highest BCUT2D eigenvalue weighted by atomic mass is 16.5. The van der Waals surface area contributed by atoms with Crippen molar-refractivity contribution in [2.24, 2.45) is 0 Å². The molecule has 0 atom stereocenters. The molecule has 0 aliphatic heterocycles. The van der Waals surface area contributed by atoms with Crippen LogP contribution in [0, 0.1) is 0 Å². The third-order valence-electron chi connectivity index (χ3n) is 2.30. The average Bonchev–Trinajstić information content (AvgIpc) is 2.69. The molecule has 0 unspecified atom stereocenters. The summed E-state index contributed by atoms with van der Waals surface area (Å²) in [6, 6.07) is 1.97. The van der Waals surface area contributed by atoms with Crippen molar-refractivity contribution in [1.82, 2.24) is 5.32 Å². The van der Waals surface area contributed by atoms with Crippen LogP contribution in [-0.4, -0.2) is 13.2 Å². The van der Waals surface area contributed by atoms with E-state index in [1.54, 1.807) is 6.26 Å². The highest BCUT2D eigenvalue weighted by Crippen LogP contribution is 2.12. The van der Waals surface area contributed by atoms with E-state index in [9.17, 15) is 0 Å². The molecule has 0 aliphatic carbocycles. The Hall–Kier alpha value is -1.06. The van der Waals surface area contributed by atoms with Gasteiger partial charge in [-0.25, -0.2) is 0 Å². The minimum Gasteiger partial charge on any atom is -0.468 e. The van der Waals surface area contributed by atoms with E-state index in [4.69, 9.17) is 9.15 Å². The van der Waals surface area contributed by atoms with Gasteiger partial charge in [0.15, 0.2) is 0 Å². The van der Waals surface area contributed by atoms with Crippen LogP contribution in [0.5, 0.6) is 0 Å². The number of hydrogen-bond acceptors (Lipinski definition) is 3. The molecular weight excluding hydrogens is 202 g/mol. The zero-order valence-corrected chi connectivity index (χ0v) is 10.2. The van der Waals surface area contributed by atoms with Crippen LogP contribution in [0.3, 0.4) is 0 Å². The normalized spacial score (nSPS) is 10.6. The van der Waals surface area contributed by atoms with Crippen molar-refractivity contribution in [3.63, 3.8) is 0 Å². The maximum atomic E-state index is 5.56. The lowest BCUT2D eigenvalue weighted by atomic mass is 10.2. The van der Waals surface area contributed by atoms with Gasteiger partial charge in [0.1, 0.15) is 5.76 Å². The van der Waals surface area contributed by atoms with Crippen LogP contribution >= 0.6 is 0 Å². The number of hydrogen-bond donors (Lipinski definition) is 1. The molecule has 1 heterocycles. The standard InChI is InChI=1S/C13H21NO2/c1-4-14-9-13-12(6-8-16-13)10-15-7-5-11(2)3/h6,8,14H,2,4-5,7,9-10H2,1,3H3. The summed E-state index contributed by atoms with van der Waals surface area (Å²) in [4.78, 5) is 0. The van der Waals surface area contributed by atoms with Gasteiger partial charge < -0.3 is 14.5 Å². The zero-order valence-electron chi connectivity index (χ0n) is 10.2. The van der Waals surface area contributed by atoms with Gasteiger partial charge in [0.25, 0.3) is 0 Å². The summed E-state index contributed by atoms with van der Waals surface area (Å²) in [5.74, 6) is 0.970. The van der Waals surface area contributed by atoms with E-state index in [1.807, 2.05) is 13.0 Å². The lowest BCUT2D eigenvalue weighted by Gasteiger charge is -2.05. The van der Waals surface area contributed by atoms with E-state index in [1.165, 1.54) is 0 Å². The number of furan rings is 1. The first-order valence-corrected chi connectivity index (χ1v) is 5.72. The fourth-order valence-electron chi connectivity index (χ4n) is 1.32. The summed E-state index contributed by atoms with van der Waals surface area (Å²) in [6.45, 7) is 11.0. The molecule has 90 valence electrons. The van der Waals surface area contributed by atoms with Crippen LogP contribution in [0.25, 0.3) is 0 Å². The molecule has 0 bridgehead atoms. The van der Waals surface area contributed by atoms with E-state index in [0.29, 0.717) is 6.61 Å². The Morgan fingerprint density at radius 1 is 1.56 bits per heavy atom. The third kappa shape index (κ3) is 4.64. The molecule has 0 saturated carbocycles. The lowest BCUT2D eigenvalue weighted by Crippen LogP contribution is -2.12. The maximum absolute atomic E-state index is 5.56. The molecule has 1 aromatic rings. The molecule has 16 heavy (non-hydrogen) atoms. The molecule has 0 amide bonds. The van der Waals surface area contributed by atoms with Gasteiger partial charge in [-0.2, -0.15) is 0 Å². The minimum absolute atomic E-state index is 0.616. The smallest absolute Gasteiger partial charge is 0.123 e. The van der Waals surface area contributed by atoms with E-state index in [0.717, 1.165) is 43.0 Å². The zero-order chi connectivity index (χ0) is 11.8. The molecule has 3 heteroatoms. The van der Waals surface area contributed by atoms with Crippen molar-refractivity contribution in [2.45, 2.75) is 33.4 Å². The number of nitrogens with one attached hydrogen (secondary N) is 1. The number of ether oxygens (including phenoxy) is 1. The Bertz CT molecular complexity index is 317. The monoisotopic (exact) mass is 223 g/mol. The Balaban J connectivity index is 2.29. The quantitative estimate of drug-likeness (QED) is 0.543. The average molecular weight is 223 g/mol. The van der Waals surface area contributed by atoms with Crippen molar-refractivity contribution < 1.29 is 9.15 Å². The third-order valence-corrected chi connectivity index (χ3v) is 2.30. The van der Waals surface area contributed by atoms with Crippen molar-refractivity contribution in [3.8, 4) is 0 Å². The molecular formula is C13H21NO2. The van der Waals surface area contributed by atoms with Gasteiger partial charge in [-0.05, 0) is 26.0 Å². The molecule has 0 aliphatic rings. The number of rotatable bonds is 8. The van der Waals surface area contributed by atoms with Crippen molar-refractivity contribution >= 4 is 0 Å². The molecule has 0 spiro atoms. The summed E-state index contributed by atoms with van der Waals surface area (Å²) in [5.41, 5.74) is 2.28. The molecule has 0 aromatic carbocycles. The molecule has 1 rings (SSSR count). The SMILES string of the molecule is C=C(C)CCOCc1ccoc1CNCC. The van der Waals surface area contributed by atoms with Gasteiger partial charge >= 0.3 is 0 Å². The summed E-state index contributed by atoms with van der Waals surface area (Å²) >= 11 is 0. The van der Waals surface area contributed by atoms with Crippen LogP contribution in [0.1, 0.15) is 31.6 Å². The van der Waals surface area contributed by atoms with Gasteiger partial charge in [0, 0.05) is 5.56 Å². The van der Waals surface area contributed by atoms with Crippen molar-refractivity contribution in [3.05, 3.63) is 35.8 Å². The molecule has 0 radical (unpaired) electrons. The van der Waals surface area contributed by atoms with Crippen LogP contribution < -0.4 is 5.32 Å². The van der Waals surface area contributed by atoms with Crippen LogP contribution in [0.2, 0.25) is 0 Å². The highest BCUT2D eigenvalue weighted by molar-refractivity contribution is 5.15. The Kier molecular flexibility index (Phi) is 5.90. The van der Waals surface area contributed by atoms with E-state index in [2.05, 4.69) is 18.8 Å². The molecule has 3 nitrogen and oxygen atoms in total. The van der Waals surface area contributed by atoms with Crippen LogP contribution in [0.15, 0.2) is 28.9 Å². The first-order chi connectivity index (χ1) is 7.74. The Labute approximate surface area is 97.5 Å². The largest absolute Gasteiger partial charge is 0.468 e. The predicted octanol–water partition coefficient (Wildman–Crippen LogP) is 2.87. The topological polar surface area (TPSA) is 34.4 Å². The van der Waals surface area contributed by atoms with Crippen molar-refractivity contribution in [1.29, 1.82) is 0 Å². The van der Waals surface area contributed by atoms with Crippen molar-refractivity contribution in [2.75, 3.05) is 13.2 Å². The van der Waals surface area contributed by atoms with Gasteiger partial charge in [0.2, 0.25) is 0 Å². The molecule has 1 N–H and O–H groups in total. The van der Waals surface area contributed by atoms with E-state index >= 15 is 0 Å². The minimum atomic E-state index is 0.616. The Morgan fingerprint density at radius 3 is 3.06 bits per heavy atom. The second kappa shape index (κ2) is 7.25. The lowest BCUT2D eigenvalue weighted by molar-refractivity contribution is 0.122. The van der Waals surface area contributed by atoms with Gasteiger partial charge in [-0.3, -0.25) is 0 Å². The Morgan fingerprint density at radius 2 is 2.38 bits per heavy atom. The summed E-state index contributed by atoms with van der Waals surface area (Å²) in [6.07, 6.45) is 2.63. The van der Waals surface area contributed by atoms with E-state index < -0.39 is 0 Å². The summed E-state index contributed by atoms with van der Waals surface area (Å²) in [5, 5.41) is 3.24. The second-order valence-electron chi connectivity index (χ2n) is 3.91. The highest BCUT2D eigenvalue weighted by Gasteiger charge is 2.05. The van der Waals surface area contributed by atoms with Gasteiger partial charge in [-0.1, -0.05) is 12.5 Å². The predicted molar refractivity (Wildman–Crippen MR) is 65.2 cm³/mol. The summed E-state index contributed by atoms with van der Waals surface area (Å²) in [7, 11) is 0.